The number of anilines is 1. The zero-order valence-electron chi connectivity index (χ0n) is 15.8. The second-order valence-corrected chi connectivity index (χ2v) is 9.06. The highest BCUT2D eigenvalue weighted by Gasteiger charge is 2.35. The normalized spacial score (nSPS) is 16.4. The zero-order valence-corrected chi connectivity index (χ0v) is 16.6. The van der Waals surface area contributed by atoms with Gasteiger partial charge in [-0.1, -0.05) is 24.3 Å². The lowest BCUT2D eigenvalue weighted by Crippen LogP contribution is -2.42. The molecule has 1 aliphatic rings. The summed E-state index contributed by atoms with van der Waals surface area (Å²) in [5.41, 5.74) is -0.806. The summed E-state index contributed by atoms with van der Waals surface area (Å²) in [6.07, 6.45) is -4.20. The Balaban J connectivity index is 1.60. The molecule has 1 heterocycles. The molecule has 30 heavy (non-hydrogen) atoms. The molecule has 0 saturated carbocycles. The van der Waals surface area contributed by atoms with Crippen molar-refractivity contribution in [3.63, 3.8) is 0 Å². The van der Waals surface area contributed by atoms with Gasteiger partial charge in [-0.15, -0.1) is 0 Å². The number of carbonyl (C=O) groups excluding carboxylic acids is 1. The highest BCUT2D eigenvalue weighted by Crippen LogP contribution is 2.35. The van der Waals surface area contributed by atoms with Crippen LogP contribution in [0.1, 0.15) is 24.0 Å². The molecular weight excluding hydrogens is 424 g/mol. The van der Waals surface area contributed by atoms with Crippen LogP contribution >= 0.6 is 0 Å². The molecule has 1 N–H and O–H groups in total. The minimum Gasteiger partial charge on any atom is -0.325 e. The van der Waals surface area contributed by atoms with Gasteiger partial charge in [-0.25, -0.2) is 17.1 Å². The molecule has 0 atom stereocenters. The molecular formula is C20H20F4N2O3S. The average molecular weight is 444 g/mol. The molecule has 3 rings (SSSR count). The van der Waals surface area contributed by atoms with Crippen LogP contribution in [0.15, 0.2) is 48.5 Å². The predicted molar refractivity (Wildman–Crippen MR) is 103 cm³/mol. The van der Waals surface area contributed by atoms with Gasteiger partial charge in [-0.3, -0.25) is 4.79 Å². The summed E-state index contributed by atoms with van der Waals surface area (Å²) < 4.78 is 78.6. The van der Waals surface area contributed by atoms with E-state index in [1.807, 2.05) is 0 Å². The van der Waals surface area contributed by atoms with Gasteiger partial charge in [0.2, 0.25) is 15.9 Å². The van der Waals surface area contributed by atoms with Gasteiger partial charge in [-0.05, 0) is 42.7 Å². The van der Waals surface area contributed by atoms with E-state index in [4.69, 9.17) is 0 Å². The molecule has 5 nitrogen and oxygen atoms in total. The molecule has 0 radical (unpaired) electrons. The average Bonchev–Trinajstić information content (AvgIpc) is 2.69. The monoisotopic (exact) mass is 444 g/mol. The number of para-hydroxylation sites is 1. The third-order valence-corrected chi connectivity index (χ3v) is 6.82. The van der Waals surface area contributed by atoms with E-state index < -0.39 is 39.4 Å². The lowest BCUT2D eigenvalue weighted by atomic mass is 9.97. The number of carbonyl (C=O) groups is 1. The van der Waals surface area contributed by atoms with Crippen LogP contribution < -0.4 is 5.32 Å². The lowest BCUT2D eigenvalue weighted by molar-refractivity contribution is -0.137. The Kier molecular flexibility index (Phi) is 6.47. The first-order valence-corrected chi connectivity index (χ1v) is 10.9. The SMILES string of the molecule is O=C(Nc1ccccc1C(F)(F)F)C1CCN(S(=O)(=O)Cc2ccc(F)cc2)CC1. The summed E-state index contributed by atoms with van der Waals surface area (Å²) in [5, 5.41) is 2.32. The van der Waals surface area contributed by atoms with Gasteiger partial charge in [0.1, 0.15) is 5.82 Å². The van der Waals surface area contributed by atoms with E-state index in [1.54, 1.807) is 0 Å². The van der Waals surface area contributed by atoms with Crippen molar-refractivity contribution in [2.75, 3.05) is 18.4 Å². The second-order valence-electron chi connectivity index (χ2n) is 7.09. The molecule has 1 saturated heterocycles. The van der Waals surface area contributed by atoms with E-state index in [0.717, 1.165) is 6.07 Å². The number of rotatable bonds is 5. The molecule has 0 spiro atoms. The van der Waals surface area contributed by atoms with Gasteiger partial charge in [0, 0.05) is 19.0 Å². The van der Waals surface area contributed by atoms with Crippen molar-refractivity contribution in [3.05, 3.63) is 65.5 Å². The van der Waals surface area contributed by atoms with E-state index in [2.05, 4.69) is 5.32 Å². The van der Waals surface area contributed by atoms with Crippen LogP contribution in [0.2, 0.25) is 0 Å². The molecule has 0 unspecified atom stereocenters. The van der Waals surface area contributed by atoms with Crippen LogP contribution in [-0.4, -0.2) is 31.7 Å². The number of amides is 1. The van der Waals surface area contributed by atoms with E-state index in [0.29, 0.717) is 5.56 Å². The lowest BCUT2D eigenvalue weighted by Gasteiger charge is -2.30. The summed E-state index contributed by atoms with van der Waals surface area (Å²) in [6.45, 7) is 0.172. The van der Waals surface area contributed by atoms with Crippen molar-refractivity contribution < 1.29 is 30.8 Å². The molecule has 1 aliphatic heterocycles. The maximum atomic E-state index is 13.1. The number of hydrogen-bond donors (Lipinski definition) is 1. The maximum absolute atomic E-state index is 13.1. The molecule has 162 valence electrons. The second kappa shape index (κ2) is 8.73. The fourth-order valence-corrected chi connectivity index (χ4v) is 4.92. The summed E-state index contributed by atoms with van der Waals surface area (Å²) >= 11 is 0. The van der Waals surface area contributed by atoms with E-state index in [-0.39, 0.29) is 37.4 Å². The van der Waals surface area contributed by atoms with Gasteiger partial charge in [0.25, 0.3) is 0 Å². The number of alkyl halides is 3. The molecule has 1 fully saturated rings. The first-order chi connectivity index (χ1) is 14.1. The highest BCUT2D eigenvalue weighted by atomic mass is 32.2. The Morgan fingerprint density at radius 3 is 2.23 bits per heavy atom. The Labute approximate surface area is 171 Å². The minimum absolute atomic E-state index is 0.0858. The van der Waals surface area contributed by atoms with Gasteiger partial charge in [0.15, 0.2) is 0 Å². The Morgan fingerprint density at radius 2 is 1.63 bits per heavy atom. The summed E-state index contributed by atoms with van der Waals surface area (Å²) in [6, 6.07) is 9.86. The minimum atomic E-state index is -4.60. The van der Waals surface area contributed by atoms with Gasteiger partial charge >= 0.3 is 6.18 Å². The Morgan fingerprint density at radius 1 is 1.03 bits per heavy atom. The van der Waals surface area contributed by atoms with Gasteiger partial charge in [0.05, 0.1) is 17.0 Å². The Hall–Kier alpha value is -2.46. The number of benzene rings is 2. The van der Waals surface area contributed by atoms with Crippen LogP contribution in [0.3, 0.4) is 0 Å². The summed E-state index contributed by atoms with van der Waals surface area (Å²) in [4.78, 5) is 12.4. The molecule has 0 aromatic heterocycles. The first kappa shape index (κ1) is 22.2. The van der Waals surface area contributed by atoms with Crippen molar-refractivity contribution in [2.24, 2.45) is 5.92 Å². The number of sulfonamides is 1. The third-order valence-electron chi connectivity index (χ3n) is 4.97. The number of nitrogens with zero attached hydrogens (tertiary/aromatic N) is 1. The first-order valence-electron chi connectivity index (χ1n) is 9.25. The van der Waals surface area contributed by atoms with Crippen LogP contribution in [0, 0.1) is 11.7 Å². The van der Waals surface area contributed by atoms with Crippen LogP contribution in [0.25, 0.3) is 0 Å². The third kappa shape index (κ3) is 5.37. The number of hydrogen-bond acceptors (Lipinski definition) is 3. The number of nitrogens with one attached hydrogen (secondary N) is 1. The highest BCUT2D eigenvalue weighted by molar-refractivity contribution is 7.88. The molecule has 10 heteroatoms. The molecule has 0 bridgehead atoms. The van der Waals surface area contributed by atoms with E-state index >= 15 is 0 Å². The fourth-order valence-electron chi connectivity index (χ4n) is 3.35. The van der Waals surface area contributed by atoms with Gasteiger partial charge in [-0.2, -0.15) is 13.2 Å². The van der Waals surface area contributed by atoms with Crippen molar-refractivity contribution in [3.8, 4) is 0 Å². The fraction of sp³-hybridized carbons (Fsp3) is 0.350. The van der Waals surface area contributed by atoms with Crippen LogP contribution in [0.5, 0.6) is 0 Å². The Bertz CT molecular complexity index is 999. The van der Waals surface area contributed by atoms with Crippen molar-refractivity contribution in [1.82, 2.24) is 4.31 Å². The summed E-state index contributed by atoms with van der Waals surface area (Å²) in [5.74, 6) is -1.91. The maximum Gasteiger partial charge on any atom is 0.418 e. The van der Waals surface area contributed by atoms with Crippen molar-refractivity contribution in [1.29, 1.82) is 0 Å². The van der Waals surface area contributed by atoms with Crippen molar-refractivity contribution >= 4 is 21.6 Å². The van der Waals surface area contributed by atoms with Gasteiger partial charge < -0.3 is 5.32 Å². The van der Waals surface area contributed by atoms with Crippen molar-refractivity contribution in [2.45, 2.75) is 24.8 Å². The quantitative estimate of drug-likeness (QED) is 0.709. The number of halogens is 4. The molecule has 2 aromatic carbocycles. The predicted octanol–water partition coefficient (Wildman–Crippen LogP) is 4.03. The molecule has 2 aromatic rings. The molecule has 1 amide bonds. The smallest absolute Gasteiger partial charge is 0.325 e. The largest absolute Gasteiger partial charge is 0.418 e. The number of piperidine rings is 1. The van der Waals surface area contributed by atoms with Crippen LogP contribution in [0.4, 0.5) is 23.2 Å². The van der Waals surface area contributed by atoms with E-state index in [9.17, 15) is 30.8 Å². The molecule has 0 aliphatic carbocycles. The zero-order chi connectivity index (χ0) is 21.9. The summed E-state index contributed by atoms with van der Waals surface area (Å²) in [7, 11) is -3.65. The topological polar surface area (TPSA) is 66.5 Å². The van der Waals surface area contributed by atoms with E-state index in [1.165, 1.54) is 46.8 Å². The standard InChI is InChI=1S/C20H20F4N2O3S/c21-16-7-5-14(6-8-16)13-30(28,29)26-11-9-15(10-12-26)19(27)25-18-4-2-1-3-17(18)20(22,23)24/h1-8,15H,9-13H2,(H,25,27). The van der Waals surface area contributed by atoms with Crippen LogP contribution in [-0.2, 0) is 26.7 Å².